The Morgan fingerprint density at radius 3 is 2.27 bits per heavy atom. The van der Waals surface area contributed by atoms with Gasteiger partial charge in [-0.25, -0.2) is 0 Å². The summed E-state index contributed by atoms with van der Waals surface area (Å²) >= 11 is 0. The van der Waals surface area contributed by atoms with Gasteiger partial charge < -0.3 is 14.4 Å². The van der Waals surface area contributed by atoms with Crippen molar-refractivity contribution in [2.75, 3.05) is 14.1 Å². The number of nitro groups is 2. The molecule has 9 heteroatoms. The van der Waals surface area contributed by atoms with Crippen LogP contribution in [0, 0.1) is 20.2 Å². The van der Waals surface area contributed by atoms with E-state index in [9.17, 15) is 20.2 Å². The third kappa shape index (κ3) is 3.05. The summed E-state index contributed by atoms with van der Waals surface area (Å²) in [5, 5.41) is 22.6. The molecular formula is C13H15N3O6. The summed E-state index contributed by atoms with van der Waals surface area (Å²) in [6, 6.07) is 2.55. The van der Waals surface area contributed by atoms with Crippen LogP contribution in [0.25, 0.3) is 6.08 Å². The molecule has 0 N–H and O–H groups in total. The van der Waals surface area contributed by atoms with E-state index in [2.05, 4.69) is 0 Å². The second-order valence-corrected chi connectivity index (χ2v) is 4.90. The van der Waals surface area contributed by atoms with Crippen molar-refractivity contribution in [1.82, 2.24) is 4.90 Å². The van der Waals surface area contributed by atoms with E-state index in [0.29, 0.717) is 0 Å². The van der Waals surface area contributed by atoms with Crippen LogP contribution in [0.4, 0.5) is 11.4 Å². The van der Waals surface area contributed by atoms with E-state index < -0.39 is 28.1 Å². The van der Waals surface area contributed by atoms with Crippen LogP contribution in [0.5, 0.6) is 0 Å². The average molecular weight is 309 g/mol. The van der Waals surface area contributed by atoms with Crippen molar-refractivity contribution in [1.29, 1.82) is 0 Å². The van der Waals surface area contributed by atoms with Gasteiger partial charge in [0.1, 0.15) is 0 Å². The molecule has 1 fully saturated rings. The molecule has 1 aliphatic rings. The van der Waals surface area contributed by atoms with Gasteiger partial charge in [-0.1, -0.05) is 0 Å². The number of rotatable bonds is 5. The minimum Gasteiger partial charge on any atom is -0.383 e. The maximum Gasteiger partial charge on any atom is 0.291 e. The molecule has 118 valence electrons. The molecule has 1 aromatic carbocycles. The van der Waals surface area contributed by atoms with Gasteiger partial charge in [-0.2, -0.15) is 0 Å². The highest BCUT2D eigenvalue weighted by molar-refractivity contribution is 5.69. The van der Waals surface area contributed by atoms with Gasteiger partial charge in [-0.05, 0) is 25.3 Å². The minimum absolute atomic E-state index is 0.172. The highest BCUT2D eigenvalue weighted by Gasteiger charge is 2.41. The van der Waals surface area contributed by atoms with Crippen molar-refractivity contribution in [2.24, 2.45) is 0 Å². The molecule has 0 radical (unpaired) electrons. The van der Waals surface area contributed by atoms with Crippen molar-refractivity contribution >= 4 is 17.5 Å². The van der Waals surface area contributed by atoms with Crippen LogP contribution in [-0.4, -0.2) is 35.1 Å². The largest absolute Gasteiger partial charge is 0.383 e. The molecule has 1 heterocycles. The fourth-order valence-corrected chi connectivity index (χ4v) is 2.07. The molecule has 0 bridgehead atoms. The van der Waals surface area contributed by atoms with Crippen LogP contribution in [0.3, 0.4) is 0 Å². The van der Waals surface area contributed by atoms with E-state index in [1.807, 2.05) is 0 Å². The van der Waals surface area contributed by atoms with Crippen LogP contribution in [-0.2, 0) is 9.47 Å². The second-order valence-electron chi connectivity index (χ2n) is 4.90. The first-order valence-electron chi connectivity index (χ1n) is 6.42. The first kappa shape index (κ1) is 15.9. The van der Waals surface area contributed by atoms with Gasteiger partial charge in [0, 0.05) is 20.2 Å². The first-order valence-corrected chi connectivity index (χ1v) is 6.42. The molecule has 1 aromatic rings. The summed E-state index contributed by atoms with van der Waals surface area (Å²) in [7, 11) is 3.52. The number of benzene rings is 1. The molecule has 0 amide bonds. The van der Waals surface area contributed by atoms with Gasteiger partial charge in [0.05, 0.1) is 15.4 Å². The Morgan fingerprint density at radius 2 is 1.82 bits per heavy atom. The van der Waals surface area contributed by atoms with E-state index in [1.165, 1.54) is 18.2 Å². The highest BCUT2D eigenvalue weighted by atomic mass is 16.9. The highest BCUT2D eigenvalue weighted by Crippen LogP contribution is 2.43. The Morgan fingerprint density at radius 1 is 1.18 bits per heavy atom. The quantitative estimate of drug-likeness (QED) is 0.607. The zero-order chi connectivity index (χ0) is 16.4. The van der Waals surface area contributed by atoms with Gasteiger partial charge in [-0.15, -0.1) is 0 Å². The lowest BCUT2D eigenvalue weighted by Gasteiger charge is -2.33. The fraction of sp³-hybridized carbons (Fsp3) is 0.385. The summed E-state index contributed by atoms with van der Waals surface area (Å²) in [5.41, 5.74) is -0.713. The maximum atomic E-state index is 11.4. The molecule has 2 rings (SSSR count). The lowest BCUT2D eigenvalue weighted by molar-refractivity contribution is -0.417. The van der Waals surface area contributed by atoms with E-state index in [0.717, 1.165) is 0 Å². The Balaban J connectivity index is 2.61. The Hall–Kier alpha value is -2.52. The molecule has 1 saturated heterocycles. The predicted molar refractivity (Wildman–Crippen MR) is 76.8 cm³/mol. The zero-order valence-electron chi connectivity index (χ0n) is 12.3. The SMILES string of the molecule is CC1OC(c2c([N+](=O)[O-])ccc(/C=C/N(C)C)c2[N+](=O)[O-])O1. The standard InChI is InChI=1S/C13H15N3O6/c1-8-21-13(22-8)11-10(15(17)18)5-4-9(6-7-14(2)3)12(11)16(19)20/h4-8,13H,1-3H3/b7-6+. The lowest BCUT2D eigenvalue weighted by Crippen LogP contribution is -2.32. The molecule has 0 aliphatic carbocycles. The Bertz CT molecular complexity index is 637. The zero-order valence-corrected chi connectivity index (χ0v) is 12.3. The number of hydrogen-bond acceptors (Lipinski definition) is 7. The fourth-order valence-electron chi connectivity index (χ4n) is 2.07. The van der Waals surface area contributed by atoms with Crippen molar-refractivity contribution in [3.63, 3.8) is 0 Å². The van der Waals surface area contributed by atoms with Gasteiger partial charge in [0.15, 0.2) is 11.9 Å². The third-order valence-electron chi connectivity index (χ3n) is 3.02. The normalized spacial score (nSPS) is 20.7. The minimum atomic E-state index is -1.11. The molecule has 0 saturated carbocycles. The Labute approximate surface area is 126 Å². The average Bonchev–Trinajstić information content (AvgIpc) is 2.40. The van der Waals surface area contributed by atoms with E-state index in [1.54, 1.807) is 32.1 Å². The summed E-state index contributed by atoms with van der Waals surface area (Å²) < 4.78 is 10.4. The van der Waals surface area contributed by atoms with Gasteiger partial charge in [0.25, 0.3) is 11.4 Å². The van der Waals surface area contributed by atoms with Crippen molar-refractivity contribution in [3.8, 4) is 0 Å². The molecule has 0 unspecified atom stereocenters. The second kappa shape index (κ2) is 6.08. The van der Waals surface area contributed by atoms with E-state index >= 15 is 0 Å². The van der Waals surface area contributed by atoms with Crippen LogP contribution >= 0.6 is 0 Å². The first-order chi connectivity index (χ1) is 10.3. The third-order valence-corrected chi connectivity index (χ3v) is 3.02. The van der Waals surface area contributed by atoms with Crippen LogP contribution in [0.15, 0.2) is 18.3 Å². The molecular weight excluding hydrogens is 294 g/mol. The number of ether oxygens (including phenoxy) is 2. The monoisotopic (exact) mass is 309 g/mol. The Kier molecular flexibility index (Phi) is 4.38. The summed E-state index contributed by atoms with van der Waals surface area (Å²) in [6.45, 7) is 1.60. The molecule has 0 spiro atoms. The van der Waals surface area contributed by atoms with Gasteiger partial charge in [-0.3, -0.25) is 20.2 Å². The molecule has 0 aromatic heterocycles. The molecule has 22 heavy (non-hydrogen) atoms. The van der Waals surface area contributed by atoms with Crippen LogP contribution in [0.2, 0.25) is 0 Å². The van der Waals surface area contributed by atoms with E-state index in [4.69, 9.17) is 9.47 Å². The summed E-state index contributed by atoms with van der Waals surface area (Å²) in [6.07, 6.45) is 1.46. The number of nitrogens with zero attached hydrogens (tertiary/aromatic N) is 3. The van der Waals surface area contributed by atoms with Crippen molar-refractivity contribution in [2.45, 2.75) is 19.5 Å². The van der Waals surface area contributed by atoms with Crippen molar-refractivity contribution < 1.29 is 19.3 Å². The molecule has 0 atom stereocenters. The van der Waals surface area contributed by atoms with E-state index in [-0.39, 0.29) is 16.8 Å². The van der Waals surface area contributed by atoms with Crippen LogP contribution in [0.1, 0.15) is 24.3 Å². The topological polar surface area (TPSA) is 108 Å². The van der Waals surface area contributed by atoms with Crippen molar-refractivity contribution in [3.05, 3.63) is 49.7 Å². The van der Waals surface area contributed by atoms with Gasteiger partial charge >= 0.3 is 0 Å². The predicted octanol–water partition coefficient (Wildman–Crippen LogP) is 2.43. The smallest absolute Gasteiger partial charge is 0.291 e. The van der Waals surface area contributed by atoms with Crippen LogP contribution < -0.4 is 0 Å². The number of hydrogen-bond donors (Lipinski definition) is 0. The summed E-state index contributed by atoms with van der Waals surface area (Å²) in [5.74, 6) is 0. The van der Waals surface area contributed by atoms with Gasteiger partial charge in [0.2, 0.25) is 6.29 Å². The molecule has 9 nitrogen and oxygen atoms in total. The maximum absolute atomic E-state index is 11.4. The molecule has 1 aliphatic heterocycles. The number of nitro benzene ring substituents is 2. The lowest BCUT2D eigenvalue weighted by atomic mass is 10.0. The summed E-state index contributed by atoms with van der Waals surface area (Å²) in [4.78, 5) is 22.9.